The lowest BCUT2D eigenvalue weighted by atomic mass is 10.1. The second-order valence-electron chi connectivity index (χ2n) is 5.08. The summed E-state index contributed by atoms with van der Waals surface area (Å²) in [6.07, 6.45) is 1.27. The quantitative estimate of drug-likeness (QED) is 0.829. The lowest BCUT2D eigenvalue weighted by Crippen LogP contribution is -2.41. The molecule has 0 aromatic heterocycles. The summed E-state index contributed by atoms with van der Waals surface area (Å²) in [5.41, 5.74) is 7.28. The number of nitrogens with zero attached hydrogens (tertiary/aromatic N) is 1. The van der Waals surface area contributed by atoms with Crippen LogP contribution in [0.3, 0.4) is 0 Å². The molecule has 1 heterocycles. The Morgan fingerprint density at radius 3 is 2.21 bits per heavy atom. The zero-order valence-electron chi connectivity index (χ0n) is 11.8. The molecule has 1 aliphatic rings. The maximum absolute atomic E-state index is 5.95. The summed E-state index contributed by atoms with van der Waals surface area (Å²) >= 11 is 0. The Hall–Kier alpha value is -0.940. The predicted octanol–water partition coefficient (Wildman–Crippen LogP) is 0.902. The molecule has 19 heavy (non-hydrogen) atoms. The molecule has 1 aromatic carbocycles. The van der Waals surface area contributed by atoms with Crippen molar-refractivity contribution in [3.63, 3.8) is 0 Å². The van der Waals surface area contributed by atoms with Gasteiger partial charge in [-0.3, -0.25) is 4.90 Å². The number of ether oxygens (including phenoxy) is 2. The average molecular weight is 264 g/mol. The first-order chi connectivity index (χ1) is 9.28. The van der Waals surface area contributed by atoms with E-state index in [4.69, 9.17) is 15.2 Å². The van der Waals surface area contributed by atoms with Crippen LogP contribution in [0.5, 0.6) is 0 Å². The first kappa shape index (κ1) is 14.5. The number of hydrogen-bond donors (Lipinski definition) is 1. The third kappa shape index (κ3) is 3.54. The van der Waals surface area contributed by atoms with E-state index in [2.05, 4.69) is 29.2 Å². The normalized spacial score (nSPS) is 25.6. The highest BCUT2D eigenvalue weighted by molar-refractivity contribution is 5.16. The summed E-state index contributed by atoms with van der Waals surface area (Å²) in [5.74, 6) is 0. The SMILES string of the molecule is COC1CN(C(CN)Cc2ccccc2)CC1OC. The first-order valence-electron chi connectivity index (χ1n) is 6.82. The topological polar surface area (TPSA) is 47.7 Å². The molecule has 1 aromatic rings. The fourth-order valence-corrected chi connectivity index (χ4v) is 2.77. The fraction of sp³-hybridized carbons (Fsp3) is 0.600. The summed E-state index contributed by atoms with van der Waals surface area (Å²) in [4.78, 5) is 2.38. The van der Waals surface area contributed by atoms with Crippen molar-refractivity contribution in [2.45, 2.75) is 24.7 Å². The number of hydrogen-bond acceptors (Lipinski definition) is 4. The molecule has 1 aliphatic heterocycles. The smallest absolute Gasteiger partial charge is 0.0971 e. The zero-order chi connectivity index (χ0) is 13.7. The van der Waals surface area contributed by atoms with E-state index in [1.807, 2.05) is 6.07 Å². The van der Waals surface area contributed by atoms with Gasteiger partial charge in [-0.05, 0) is 12.0 Å². The van der Waals surface area contributed by atoms with Crippen molar-refractivity contribution in [1.29, 1.82) is 0 Å². The van der Waals surface area contributed by atoms with Crippen molar-refractivity contribution >= 4 is 0 Å². The standard InChI is InChI=1S/C15H24N2O2/c1-18-14-10-17(11-15(14)19-2)13(9-16)8-12-6-4-3-5-7-12/h3-7,13-15H,8-11,16H2,1-2H3. The van der Waals surface area contributed by atoms with Gasteiger partial charge in [0.15, 0.2) is 0 Å². The summed E-state index contributed by atoms with van der Waals surface area (Å²) in [5, 5.41) is 0. The summed E-state index contributed by atoms with van der Waals surface area (Å²) in [7, 11) is 3.49. The van der Waals surface area contributed by atoms with Crippen LogP contribution < -0.4 is 5.73 Å². The third-order valence-corrected chi connectivity index (χ3v) is 3.95. The van der Waals surface area contributed by atoms with E-state index < -0.39 is 0 Å². The molecule has 4 heteroatoms. The molecule has 0 saturated carbocycles. The minimum Gasteiger partial charge on any atom is -0.377 e. The molecule has 106 valence electrons. The molecule has 1 saturated heterocycles. The number of rotatable bonds is 6. The van der Waals surface area contributed by atoms with Gasteiger partial charge >= 0.3 is 0 Å². The molecule has 4 nitrogen and oxygen atoms in total. The molecule has 0 spiro atoms. The van der Waals surface area contributed by atoms with E-state index >= 15 is 0 Å². The van der Waals surface area contributed by atoms with Crippen LogP contribution in [-0.4, -0.2) is 57.0 Å². The maximum Gasteiger partial charge on any atom is 0.0971 e. The average Bonchev–Trinajstić information content (AvgIpc) is 2.89. The van der Waals surface area contributed by atoms with Crippen LogP contribution in [0.4, 0.5) is 0 Å². The number of likely N-dealkylation sites (tertiary alicyclic amines) is 1. The van der Waals surface area contributed by atoms with Crippen molar-refractivity contribution in [2.75, 3.05) is 33.9 Å². The summed E-state index contributed by atoms with van der Waals surface area (Å²) in [6.45, 7) is 2.44. The Morgan fingerprint density at radius 2 is 1.74 bits per heavy atom. The van der Waals surface area contributed by atoms with Crippen molar-refractivity contribution in [3.05, 3.63) is 35.9 Å². The van der Waals surface area contributed by atoms with Crippen LogP contribution in [0.15, 0.2) is 30.3 Å². The van der Waals surface area contributed by atoms with E-state index in [0.29, 0.717) is 12.6 Å². The Kier molecular flexibility index (Phi) is 5.34. The van der Waals surface area contributed by atoms with E-state index in [9.17, 15) is 0 Å². The van der Waals surface area contributed by atoms with E-state index in [1.54, 1.807) is 14.2 Å². The summed E-state index contributed by atoms with van der Waals surface area (Å²) < 4.78 is 11.0. The van der Waals surface area contributed by atoms with Crippen LogP contribution in [0.25, 0.3) is 0 Å². The van der Waals surface area contributed by atoms with Gasteiger partial charge in [0.05, 0.1) is 12.2 Å². The molecule has 2 rings (SSSR count). The molecule has 3 unspecified atom stereocenters. The predicted molar refractivity (Wildman–Crippen MR) is 76.2 cm³/mol. The van der Waals surface area contributed by atoms with E-state index in [1.165, 1.54) is 5.56 Å². The largest absolute Gasteiger partial charge is 0.377 e. The number of benzene rings is 1. The van der Waals surface area contributed by atoms with Gasteiger partial charge in [-0.25, -0.2) is 0 Å². The first-order valence-corrected chi connectivity index (χ1v) is 6.82. The second-order valence-corrected chi connectivity index (χ2v) is 5.08. The highest BCUT2D eigenvalue weighted by Crippen LogP contribution is 2.20. The van der Waals surface area contributed by atoms with Crippen molar-refractivity contribution in [2.24, 2.45) is 5.73 Å². The molecule has 3 atom stereocenters. The van der Waals surface area contributed by atoms with Crippen LogP contribution in [0.2, 0.25) is 0 Å². The Balaban J connectivity index is 1.99. The Morgan fingerprint density at radius 1 is 1.16 bits per heavy atom. The van der Waals surface area contributed by atoms with Gasteiger partial charge in [0.25, 0.3) is 0 Å². The zero-order valence-corrected chi connectivity index (χ0v) is 11.8. The van der Waals surface area contributed by atoms with Gasteiger partial charge < -0.3 is 15.2 Å². The number of methoxy groups -OCH3 is 2. The van der Waals surface area contributed by atoms with Gasteiger partial charge in [-0.2, -0.15) is 0 Å². The second kappa shape index (κ2) is 7.01. The highest BCUT2D eigenvalue weighted by Gasteiger charge is 2.35. The fourth-order valence-electron chi connectivity index (χ4n) is 2.77. The van der Waals surface area contributed by atoms with Crippen molar-refractivity contribution in [3.8, 4) is 0 Å². The Labute approximate surface area is 115 Å². The molecule has 1 fully saturated rings. The van der Waals surface area contributed by atoms with Crippen LogP contribution in [0.1, 0.15) is 5.56 Å². The lowest BCUT2D eigenvalue weighted by Gasteiger charge is -2.26. The number of nitrogens with two attached hydrogens (primary N) is 1. The van der Waals surface area contributed by atoms with Gasteiger partial charge in [0.1, 0.15) is 0 Å². The molecular formula is C15H24N2O2. The van der Waals surface area contributed by atoms with Gasteiger partial charge in [-0.15, -0.1) is 0 Å². The third-order valence-electron chi connectivity index (χ3n) is 3.95. The molecule has 0 radical (unpaired) electrons. The van der Waals surface area contributed by atoms with E-state index in [-0.39, 0.29) is 12.2 Å². The van der Waals surface area contributed by atoms with Crippen LogP contribution in [0, 0.1) is 0 Å². The van der Waals surface area contributed by atoms with Gasteiger partial charge in [0, 0.05) is 39.9 Å². The summed E-state index contributed by atoms with van der Waals surface area (Å²) in [6, 6.07) is 10.8. The van der Waals surface area contributed by atoms with Crippen LogP contribution in [-0.2, 0) is 15.9 Å². The van der Waals surface area contributed by atoms with Crippen molar-refractivity contribution in [1.82, 2.24) is 4.90 Å². The molecule has 0 amide bonds. The molecule has 2 N–H and O–H groups in total. The minimum atomic E-state index is 0.148. The van der Waals surface area contributed by atoms with Gasteiger partial charge in [0.2, 0.25) is 0 Å². The highest BCUT2D eigenvalue weighted by atomic mass is 16.5. The lowest BCUT2D eigenvalue weighted by molar-refractivity contribution is -0.00461. The molecule has 0 aliphatic carbocycles. The maximum atomic E-state index is 5.95. The van der Waals surface area contributed by atoms with E-state index in [0.717, 1.165) is 19.5 Å². The van der Waals surface area contributed by atoms with Crippen LogP contribution >= 0.6 is 0 Å². The minimum absolute atomic E-state index is 0.148. The Bertz CT molecular complexity index is 360. The van der Waals surface area contributed by atoms with Gasteiger partial charge in [-0.1, -0.05) is 30.3 Å². The molecular weight excluding hydrogens is 240 g/mol. The monoisotopic (exact) mass is 264 g/mol. The van der Waals surface area contributed by atoms with Crippen molar-refractivity contribution < 1.29 is 9.47 Å². The molecule has 0 bridgehead atoms.